The van der Waals surface area contributed by atoms with Gasteiger partial charge in [-0.2, -0.15) is 0 Å². The number of hydrogen-bond acceptors (Lipinski definition) is 7. The van der Waals surface area contributed by atoms with Crippen LogP contribution in [-0.2, 0) is 6.61 Å². The van der Waals surface area contributed by atoms with Gasteiger partial charge in [0.2, 0.25) is 0 Å². The molecule has 0 radical (unpaired) electrons. The van der Waals surface area contributed by atoms with E-state index in [1.165, 1.54) is 6.33 Å². The van der Waals surface area contributed by atoms with Crippen molar-refractivity contribution in [1.82, 2.24) is 15.0 Å². The second-order valence-electron chi connectivity index (χ2n) is 7.04. The van der Waals surface area contributed by atoms with Crippen LogP contribution in [0.3, 0.4) is 0 Å². The summed E-state index contributed by atoms with van der Waals surface area (Å²) in [6.07, 6.45) is 3.23. The lowest BCUT2D eigenvalue weighted by molar-refractivity contribution is 0.299. The van der Waals surface area contributed by atoms with Gasteiger partial charge in [-0.1, -0.05) is 23.7 Å². The molecule has 0 spiro atoms. The maximum absolute atomic E-state index is 6.44. The molecule has 0 saturated heterocycles. The summed E-state index contributed by atoms with van der Waals surface area (Å²) in [6, 6.07) is 16.7. The summed E-state index contributed by atoms with van der Waals surface area (Å²) < 4.78 is 11.7. The van der Waals surface area contributed by atoms with Gasteiger partial charge in [0.25, 0.3) is 0 Å². The third-order valence-corrected chi connectivity index (χ3v) is 4.72. The van der Waals surface area contributed by atoms with Gasteiger partial charge in [0.1, 0.15) is 36.9 Å². The van der Waals surface area contributed by atoms with Crippen molar-refractivity contribution in [2.75, 3.05) is 11.9 Å². The standard InChI is InChI=1S/C23H22ClN5O2/c1-15(25)12-30-21-7-4-6-19-22(21)23(28-14-27-19)29-16-8-9-20(18(24)11-16)31-13-17-5-2-3-10-26-17/h2-11,14-15H,12-13,25H2,1H3,(H,27,28,29)/t15-/m0/s1. The van der Waals surface area contributed by atoms with Gasteiger partial charge in [0.05, 0.1) is 21.6 Å². The first kappa shape index (κ1) is 20.8. The average Bonchev–Trinajstić information content (AvgIpc) is 2.78. The molecule has 1 atom stereocenters. The minimum Gasteiger partial charge on any atom is -0.491 e. The molecular formula is C23H22ClN5O2. The zero-order valence-corrected chi connectivity index (χ0v) is 17.7. The highest BCUT2D eigenvalue weighted by Crippen LogP contribution is 2.34. The zero-order chi connectivity index (χ0) is 21.6. The maximum atomic E-state index is 6.44. The molecule has 3 N–H and O–H groups in total. The Morgan fingerprint density at radius 3 is 2.68 bits per heavy atom. The first-order valence-corrected chi connectivity index (χ1v) is 10.2. The second-order valence-corrected chi connectivity index (χ2v) is 7.45. The Kier molecular flexibility index (Phi) is 6.45. The number of nitrogens with zero attached hydrogens (tertiary/aromatic N) is 3. The Hall–Kier alpha value is -3.42. The predicted octanol–water partition coefficient (Wildman–Crippen LogP) is 4.73. The summed E-state index contributed by atoms with van der Waals surface area (Å²) in [7, 11) is 0. The SMILES string of the molecule is C[C@H](N)COc1cccc2ncnc(Nc3ccc(OCc4ccccn4)c(Cl)c3)c12. The van der Waals surface area contributed by atoms with Gasteiger partial charge in [-0.15, -0.1) is 0 Å². The van der Waals surface area contributed by atoms with Crippen molar-refractivity contribution in [2.45, 2.75) is 19.6 Å². The molecule has 0 aliphatic rings. The van der Waals surface area contributed by atoms with E-state index in [0.717, 1.165) is 22.3 Å². The van der Waals surface area contributed by atoms with Crippen LogP contribution in [0, 0.1) is 0 Å². The van der Waals surface area contributed by atoms with Crippen LogP contribution in [0.25, 0.3) is 10.9 Å². The fourth-order valence-corrected chi connectivity index (χ4v) is 3.22. The number of anilines is 2. The highest BCUT2D eigenvalue weighted by molar-refractivity contribution is 6.32. The topological polar surface area (TPSA) is 95.2 Å². The molecule has 4 aromatic rings. The first-order chi connectivity index (χ1) is 15.1. The molecule has 0 amide bonds. The molecule has 0 unspecified atom stereocenters. The molecule has 4 rings (SSSR count). The molecular weight excluding hydrogens is 414 g/mol. The number of nitrogens with one attached hydrogen (secondary N) is 1. The van der Waals surface area contributed by atoms with E-state index in [1.54, 1.807) is 12.3 Å². The molecule has 158 valence electrons. The van der Waals surface area contributed by atoms with E-state index in [4.69, 9.17) is 26.8 Å². The van der Waals surface area contributed by atoms with Crippen LogP contribution in [0.2, 0.25) is 5.02 Å². The number of rotatable bonds is 8. The van der Waals surface area contributed by atoms with E-state index in [9.17, 15) is 0 Å². The van der Waals surface area contributed by atoms with Crippen molar-refractivity contribution in [1.29, 1.82) is 0 Å². The third kappa shape index (κ3) is 5.20. The summed E-state index contributed by atoms with van der Waals surface area (Å²) in [4.78, 5) is 13.0. The molecule has 7 nitrogen and oxygen atoms in total. The zero-order valence-electron chi connectivity index (χ0n) is 17.0. The molecule has 2 aromatic heterocycles. The van der Waals surface area contributed by atoms with Crippen molar-refractivity contribution in [3.63, 3.8) is 0 Å². The van der Waals surface area contributed by atoms with Gasteiger partial charge in [0, 0.05) is 17.9 Å². The quantitative estimate of drug-likeness (QED) is 0.413. The van der Waals surface area contributed by atoms with E-state index < -0.39 is 0 Å². The fraction of sp³-hybridized carbons (Fsp3) is 0.174. The lowest BCUT2D eigenvalue weighted by atomic mass is 10.2. The highest BCUT2D eigenvalue weighted by Gasteiger charge is 2.12. The molecule has 0 aliphatic carbocycles. The summed E-state index contributed by atoms with van der Waals surface area (Å²) in [6.45, 7) is 2.62. The molecule has 2 aromatic carbocycles. The van der Waals surface area contributed by atoms with Gasteiger partial charge in [0.15, 0.2) is 0 Å². The number of pyridine rings is 1. The number of ether oxygens (including phenoxy) is 2. The fourth-order valence-electron chi connectivity index (χ4n) is 2.98. The van der Waals surface area contributed by atoms with Gasteiger partial charge < -0.3 is 20.5 Å². The van der Waals surface area contributed by atoms with Gasteiger partial charge in [-0.05, 0) is 49.4 Å². The van der Waals surface area contributed by atoms with Crippen LogP contribution in [0.15, 0.2) is 67.1 Å². The highest BCUT2D eigenvalue weighted by atomic mass is 35.5. The number of aromatic nitrogens is 3. The molecule has 0 aliphatic heterocycles. The monoisotopic (exact) mass is 435 g/mol. The van der Waals surface area contributed by atoms with Gasteiger partial charge >= 0.3 is 0 Å². The number of hydrogen-bond donors (Lipinski definition) is 2. The molecule has 31 heavy (non-hydrogen) atoms. The first-order valence-electron chi connectivity index (χ1n) is 9.81. The third-order valence-electron chi connectivity index (χ3n) is 4.42. The van der Waals surface area contributed by atoms with Crippen molar-refractivity contribution >= 4 is 34.0 Å². The van der Waals surface area contributed by atoms with Crippen LogP contribution in [0.1, 0.15) is 12.6 Å². The van der Waals surface area contributed by atoms with E-state index >= 15 is 0 Å². The largest absolute Gasteiger partial charge is 0.491 e. The molecule has 0 bridgehead atoms. The van der Waals surface area contributed by atoms with Crippen LogP contribution in [-0.4, -0.2) is 27.6 Å². The lowest BCUT2D eigenvalue weighted by Gasteiger charge is -2.15. The Balaban J connectivity index is 1.55. The summed E-state index contributed by atoms with van der Waals surface area (Å²) >= 11 is 6.44. The van der Waals surface area contributed by atoms with E-state index in [0.29, 0.717) is 35.6 Å². The number of fused-ring (bicyclic) bond motifs is 1. The Morgan fingerprint density at radius 2 is 1.90 bits per heavy atom. The van der Waals surface area contributed by atoms with Crippen molar-refractivity contribution in [3.8, 4) is 11.5 Å². The second kappa shape index (κ2) is 9.59. The summed E-state index contributed by atoms with van der Waals surface area (Å²) in [5.41, 5.74) is 8.19. The van der Waals surface area contributed by atoms with Gasteiger partial charge in [-0.3, -0.25) is 4.98 Å². The van der Waals surface area contributed by atoms with Crippen LogP contribution in [0.5, 0.6) is 11.5 Å². The molecule has 8 heteroatoms. The predicted molar refractivity (Wildman–Crippen MR) is 122 cm³/mol. The summed E-state index contributed by atoms with van der Waals surface area (Å²) in [5, 5.41) is 4.56. The molecule has 2 heterocycles. The number of nitrogens with two attached hydrogens (primary N) is 1. The smallest absolute Gasteiger partial charge is 0.145 e. The Morgan fingerprint density at radius 1 is 1.00 bits per heavy atom. The number of benzene rings is 2. The molecule has 0 fully saturated rings. The van der Waals surface area contributed by atoms with Crippen LogP contribution >= 0.6 is 11.6 Å². The lowest BCUT2D eigenvalue weighted by Crippen LogP contribution is -2.23. The average molecular weight is 436 g/mol. The Bertz CT molecular complexity index is 1170. The number of halogens is 1. The normalized spacial score (nSPS) is 11.8. The minimum atomic E-state index is -0.0891. The van der Waals surface area contributed by atoms with E-state index in [-0.39, 0.29) is 6.04 Å². The van der Waals surface area contributed by atoms with E-state index in [2.05, 4.69) is 20.3 Å². The van der Waals surface area contributed by atoms with Crippen LogP contribution < -0.4 is 20.5 Å². The minimum absolute atomic E-state index is 0.0891. The summed E-state index contributed by atoms with van der Waals surface area (Å²) in [5.74, 6) is 1.86. The van der Waals surface area contributed by atoms with Crippen LogP contribution in [0.4, 0.5) is 11.5 Å². The van der Waals surface area contributed by atoms with E-state index in [1.807, 2.05) is 55.5 Å². The van der Waals surface area contributed by atoms with Crippen molar-refractivity contribution in [2.24, 2.45) is 5.73 Å². The van der Waals surface area contributed by atoms with Crippen molar-refractivity contribution < 1.29 is 9.47 Å². The Labute approximate surface area is 185 Å². The van der Waals surface area contributed by atoms with Gasteiger partial charge in [-0.25, -0.2) is 9.97 Å². The van der Waals surface area contributed by atoms with Crippen molar-refractivity contribution in [3.05, 3.63) is 77.8 Å². The molecule has 0 saturated carbocycles. The maximum Gasteiger partial charge on any atom is 0.145 e.